The highest BCUT2D eigenvalue weighted by Gasteiger charge is 2.49. The number of halogens is 1. The summed E-state index contributed by atoms with van der Waals surface area (Å²) in [7, 11) is 0. The summed E-state index contributed by atoms with van der Waals surface area (Å²) in [6.45, 7) is 1.33. The molecule has 1 unspecified atom stereocenters. The Kier molecular flexibility index (Phi) is 4.32. The van der Waals surface area contributed by atoms with Gasteiger partial charge in [-0.15, -0.1) is 0 Å². The zero-order valence-electron chi connectivity index (χ0n) is 14.9. The summed E-state index contributed by atoms with van der Waals surface area (Å²) in [5, 5.41) is 13.1. The first-order valence-electron chi connectivity index (χ1n) is 8.61. The van der Waals surface area contributed by atoms with Crippen LogP contribution < -0.4 is 10.1 Å². The molecule has 140 valence electrons. The van der Waals surface area contributed by atoms with E-state index in [4.69, 9.17) is 16.3 Å². The number of hydrogen-bond acceptors (Lipinski definition) is 4. The Hall–Kier alpha value is -3.31. The van der Waals surface area contributed by atoms with E-state index in [1.54, 1.807) is 66.7 Å². The van der Waals surface area contributed by atoms with Crippen molar-refractivity contribution < 1.29 is 19.4 Å². The fourth-order valence-corrected chi connectivity index (χ4v) is 3.84. The number of phenols is 1. The van der Waals surface area contributed by atoms with Crippen LogP contribution in [0.15, 0.2) is 66.7 Å². The Morgan fingerprint density at radius 2 is 1.61 bits per heavy atom. The average molecular weight is 394 g/mol. The number of hydrogen-bond donors (Lipinski definition) is 2. The summed E-state index contributed by atoms with van der Waals surface area (Å²) in [6, 6.07) is 18.6. The van der Waals surface area contributed by atoms with Gasteiger partial charge in [-0.05, 0) is 53.6 Å². The van der Waals surface area contributed by atoms with Gasteiger partial charge in [0.25, 0.3) is 0 Å². The number of benzene rings is 3. The zero-order valence-corrected chi connectivity index (χ0v) is 15.7. The van der Waals surface area contributed by atoms with Gasteiger partial charge in [-0.2, -0.15) is 0 Å². The van der Waals surface area contributed by atoms with E-state index in [0.29, 0.717) is 27.6 Å². The van der Waals surface area contributed by atoms with Crippen molar-refractivity contribution in [2.75, 3.05) is 5.32 Å². The van der Waals surface area contributed by atoms with Crippen LogP contribution in [-0.2, 0) is 15.0 Å². The van der Waals surface area contributed by atoms with Crippen molar-refractivity contribution in [2.45, 2.75) is 12.3 Å². The number of ether oxygens (including phenoxy) is 1. The van der Waals surface area contributed by atoms with Crippen LogP contribution in [0.25, 0.3) is 0 Å². The highest BCUT2D eigenvalue weighted by atomic mass is 35.5. The van der Waals surface area contributed by atoms with Crippen LogP contribution in [0.4, 0.5) is 5.69 Å². The van der Waals surface area contributed by atoms with Gasteiger partial charge in [-0.1, -0.05) is 35.9 Å². The standard InChI is InChI=1S/C22H16ClNO4/c1-13(25)28-18-9-4-15(5-10-18)22(14-2-7-17(26)8-3-14)19-12-16(23)6-11-20(19)24-21(22)27/h2-12,26H,1H3,(H,24,27). The molecule has 2 N–H and O–H groups in total. The number of anilines is 1. The van der Waals surface area contributed by atoms with Crippen molar-refractivity contribution in [3.8, 4) is 11.5 Å². The lowest BCUT2D eigenvalue weighted by Crippen LogP contribution is -2.37. The molecule has 1 aliphatic heterocycles. The van der Waals surface area contributed by atoms with Crippen LogP contribution in [0.1, 0.15) is 23.6 Å². The zero-order chi connectivity index (χ0) is 19.9. The second-order valence-corrected chi connectivity index (χ2v) is 7.00. The Morgan fingerprint density at radius 3 is 2.21 bits per heavy atom. The van der Waals surface area contributed by atoms with Crippen LogP contribution in [0, 0.1) is 0 Å². The minimum Gasteiger partial charge on any atom is -0.508 e. The van der Waals surface area contributed by atoms with Gasteiger partial charge in [-0.3, -0.25) is 9.59 Å². The number of carbonyl (C=O) groups is 2. The molecule has 0 aliphatic carbocycles. The summed E-state index contributed by atoms with van der Waals surface area (Å²) in [5.74, 6) is -0.150. The van der Waals surface area contributed by atoms with Crippen LogP contribution in [-0.4, -0.2) is 17.0 Å². The third kappa shape index (κ3) is 2.80. The number of nitrogens with one attached hydrogen (secondary N) is 1. The first kappa shape index (κ1) is 18.1. The first-order chi connectivity index (χ1) is 13.4. The Balaban J connectivity index is 1.96. The highest BCUT2D eigenvalue weighted by Crippen LogP contribution is 2.48. The number of rotatable bonds is 3. The maximum Gasteiger partial charge on any atom is 0.308 e. The van der Waals surface area contributed by atoms with Gasteiger partial charge in [0.2, 0.25) is 5.91 Å². The van der Waals surface area contributed by atoms with Gasteiger partial charge in [0.1, 0.15) is 16.9 Å². The molecule has 6 heteroatoms. The molecule has 0 saturated heterocycles. The third-order valence-corrected chi connectivity index (χ3v) is 5.06. The summed E-state index contributed by atoms with van der Waals surface area (Å²) in [4.78, 5) is 24.5. The third-order valence-electron chi connectivity index (χ3n) is 4.82. The molecule has 3 aromatic rings. The van der Waals surface area contributed by atoms with E-state index in [1.807, 2.05) is 0 Å². The molecule has 28 heavy (non-hydrogen) atoms. The molecule has 4 rings (SSSR count). The maximum atomic E-state index is 13.3. The summed E-state index contributed by atoms with van der Waals surface area (Å²) in [5.41, 5.74) is 1.61. The minimum atomic E-state index is -1.15. The molecule has 0 saturated carbocycles. The molecule has 0 aromatic heterocycles. The van der Waals surface area contributed by atoms with Crippen molar-refractivity contribution in [3.63, 3.8) is 0 Å². The van der Waals surface area contributed by atoms with Crippen LogP contribution in [0.5, 0.6) is 11.5 Å². The van der Waals surface area contributed by atoms with Crippen molar-refractivity contribution in [2.24, 2.45) is 0 Å². The first-order valence-corrected chi connectivity index (χ1v) is 8.99. The van der Waals surface area contributed by atoms with E-state index in [-0.39, 0.29) is 11.7 Å². The monoisotopic (exact) mass is 393 g/mol. The van der Waals surface area contributed by atoms with Crippen molar-refractivity contribution in [1.29, 1.82) is 0 Å². The van der Waals surface area contributed by atoms with Crippen molar-refractivity contribution in [3.05, 3.63) is 88.4 Å². The van der Waals surface area contributed by atoms with Crippen LogP contribution in [0.3, 0.4) is 0 Å². The van der Waals surface area contributed by atoms with E-state index in [1.165, 1.54) is 6.92 Å². The van der Waals surface area contributed by atoms with E-state index in [2.05, 4.69) is 5.32 Å². The quantitative estimate of drug-likeness (QED) is 0.515. The summed E-state index contributed by atoms with van der Waals surface area (Å²) < 4.78 is 5.11. The van der Waals surface area contributed by atoms with Gasteiger partial charge >= 0.3 is 5.97 Å². The molecular weight excluding hydrogens is 378 g/mol. The molecule has 0 bridgehead atoms. The van der Waals surface area contributed by atoms with Crippen LogP contribution >= 0.6 is 11.6 Å². The average Bonchev–Trinajstić information content (AvgIpc) is 2.95. The molecular formula is C22H16ClNO4. The van der Waals surface area contributed by atoms with E-state index >= 15 is 0 Å². The second kappa shape index (κ2) is 6.69. The topological polar surface area (TPSA) is 75.6 Å². The highest BCUT2D eigenvalue weighted by molar-refractivity contribution is 6.31. The molecule has 5 nitrogen and oxygen atoms in total. The molecule has 3 aromatic carbocycles. The summed E-state index contributed by atoms with van der Waals surface area (Å²) >= 11 is 6.24. The van der Waals surface area contributed by atoms with Crippen molar-refractivity contribution in [1.82, 2.24) is 0 Å². The number of amides is 1. The number of fused-ring (bicyclic) bond motifs is 1. The SMILES string of the molecule is CC(=O)Oc1ccc(C2(c3ccc(O)cc3)C(=O)Nc3ccc(Cl)cc32)cc1. The van der Waals surface area contributed by atoms with Gasteiger partial charge in [0.05, 0.1) is 0 Å². The maximum absolute atomic E-state index is 13.3. The molecule has 1 heterocycles. The lowest BCUT2D eigenvalue weighted by molar-refractivity contribution is -0.131. The normalized spacial score (nSPS) is 17.7. The molecule has 0 fully saturated rings. The van der Waals surface area contributed by atoms with Crippen molar-refractivity contribution >= 4 is 29.2 Å². The molecule has 1 amide bonds. The summed E-state index contributed by atoms with van der Waals surface area (Å²) in [6.07, 6.45) is 0. The van der Waals surface area contributed by atoms with E-state index in [9.17, 15) is 14.7 Å². The van der Waals surface area contributed by atoms with E-state index in [0.717, 1.165) is 5.56 Å². The molecule has 0 spiro atoms. The van der Waals surface area contributed by atoms with Gasteiger partial charge in [-0.25, -0.2) is 0 Å². The van der Waals surface area contributed by atoms with Gasteiger partial charge in [0.15, 0.2) is 0 Å². The second-order valence-electron chi connectivity index (χ2n) is 6.56. The van der Waals surface area contributed by atoms with Crippen LogP contribution in [0.2, 0.25) is 5.02 Å². The van der Waals surface area contributed by atoms with E-state index < -0.39 is 11.4 Å². The molecule has 1 aliphatic rings. The fraction of sp³-hybridized carbons (Fsp3) is 0.0909. The molecule has 0 radical (unpaired) electrons. The number of phenolic OH excluding ortho intramolecular Hbond substituents is 1. The minimum absolute atomic E-state index is 0.105. The smallest absolute Gasteiger partial charge is 0.308 e. The fourth-order valence-electron chi connectivity index (χ4n) is 3.66. The van der Waals surface area contributed by atoms with Gasteiger partial charge < -0.3 is 15.2 Å². The number of aromatic hydroxyl groups is 1. The lowest BCUT2D eigenvalue weighted by Gasteiger charge is -2.29. The largest absolute Gasteiger partial charge is 0.508 e. The molecule has 1 atom stereocenters. The lowest BCUT2D eigenvalue weighted by atomic mass is 9.70. The Labute approximate surface area is 166 Å². The van der Waals surface area contributed by atoms with Gasteiger partial charge in [0, 0.05) is 23.2 Å². The number of carbonyl (C=O) groups excluding carboxylic acids is 2. The predicted molar refractivity (Wildman–Crippen MR) is 106 cm³/mol. The predicted octanol–water partition coefficient (Wildman–Crippen LogP) is 4.26. The Bertz CT molecular complexity index is 1080. The number of esters is 1. The Morgan fingerprint density at radius 1 is 1.00 bits per heavy atom.